The van der Waals surface area contributed by atoms with Gasteiger partial charge < -0.3 is 13.9 Å². The minimum atomic E-state index is 0.864. The van der Waals surface area contributed by atoms with Crippen molar-refractivity contribution in [2.24, 2.45) is 0 Å². The standard InChI is InChI=1S/C62H38N2OS/c1-2-15-44(16-3-1)64-56-32-26-42(35-54(56)55-38-53-43(36-57(55)64)27-33-61-62(53)52-20-7-9-23-60(52)66-61)41-14-10-17-46(34-41)63(47-30-31-51-50-19-6-8-22-58(50)65-59(51)37-47)45-28-24-40(25-29-45)49-21-11-13-39-12-4-5-18-48(39)49/h1-38H. The molecule has 0 aliphatic heterocycles. The lowest BCUT2D eigenvalue weighted by Crippen LogP contribution is -2.10. The SMILES string of the molecule is c1ccc(-n2c3ccc(-c4cccc(N(c5ccc(-c6cccc7ccccc67)cc5)c5ccc6c(c5)oc5ccccc56)c4)cc3c3cc4c(ccc5sc6ccccc6c54)cc32)cc1. The molecule has 66 heavy (non-hydrogen) atoms. The van der Waals surface area contributed by atoms with Gasteiger partial charge in [0.2, 0.25) is 0 Å². The Kier molecular flexibility index (Phi) is 8.15. The number of benzene rings is 11. The fraction of sp³-hybridized carbons (Fsp3) is 0. The Morgan fingerprint density at radius 1 is 0.348 bits per heavy atom. The number of rotatable bonds is 6. The normalized spacial score (nSPS) is 11.9. The third kappa shape index (κ3) is 5.75. The largest absolute Gasteiger partial charge is 0.456 e. The van der Waals surface area contributed by atoms with Gasteiger partial charge >= 0.3 is 0 Å². The van der Waals surface area contributed by atoms with E-state index < -0.39 is 0 Å². The van der Waals surface area contributed by atoms with E-state index >= 15 is 0 Å². The van der Waals surface area contributed by atoms with Crippen molar-refractivity contribution in [3.63, 3.8) is 0 Å². The number of aromatic nitrogens is 1. The summed E-state index contributed by atoms with van der Waals surface area (Å²) in [4.78, 5) is 2.35. The van der Waals surface area contributed by atoms with E-state index in [9.17, 15) is 0 Å². The Balaban J connectivity index is 0.946. The first-order valence-corrected chi connectivity index (χ1v) is 23.3. The molecule has 11 aromatic carbocycles. The molecule has 0 aliphatic carbocycles. The summed E-state index contributed by atoms with van der Waals surface area (Å²) in [6.07, 6.45) is 0. The van der Waals surface area contributed by atoms with Crippen LogP contribution in [0.3, 0.4) is 0 Å². The highest BCUT2D eigenvalue weighted by molar-refractivity contribution is 7.26. The summed E-state index contributed by atoms with van der Waals surface area (Å²) in [5, 5.41) is 12.4. The van der Waals surface area contributed by atoms with E-state index in [4.69, 9.17) is 4.42 Å². The van der Waals surface area contributed by atoms with Gasteiger partial charge in [0.25, 0.3) is 0 Å². The molecule has 14 rings (SSSR count). The highest BCUT2D eigenvalue weighted by atomic mass is 32.1. The molecule has 0 atom stereocenters. The van der Waals surface area contributed by atoms with E-state index in [1.54, 1.807) is 0 Å². The molecule has 3 heterocycles. The number of nitrogens with zero attached hydrogens (tertiary/aromatic N) is 2. The highest BCUT2D eigenvalue weighted by Crippen LogP contribution is 2.44. The Morgan fingerprint density at radius 3 is 1.95 bits per heavy atom. The lowest BCUT2D eigenvalue weighted by Gasteiger charge is -2.26. The van der Waals surface area contributed by atoms with Crippen LogP contribution >= 0.6 is 11.3 Å². The van der Waals surface area contributed by atoms with Crippen LogP contribution in [0.15, 0.2) is 235 Å². The molecule has 0 bridgehead atoms. The van der Waals surface area contributed by atoms with Crippen LogP contribution in [0.25, 0.3) is 113 Å². The summed E-state index contributed by atoms with van der Waals surface area (Å²) in [5.41, 5.74) is 13.1. The summed E-state index contributed by atoms with van der Waals surface area (Å²) in [5.74, 6) is 0. The van der Waals surface area contributed by atoms with Gasteiger partial charge in [-0.1, -0.05) is 133 Å². The number of hydrogen-bond donors (Lipinski definition) is 0. The van der Waals surface area contributed by atoms with Crippen molar-refractivity contribution in [2.45, 2.75) is 0 Å². The maximum Gasteiger partial charge on any atom is 0.137 e. The monoisotopic (exact) mass is 858 g/mol. The lowest BCUT2D eigenvalue weighted by atomic mass is 9.98. The maximum absolute atomic E-state index is 6.47. The first kappa shape index (κ1) is 37.0. The fourth-order valence-electron chi connectivity index (χ4n) is 10.5. The van der Waals surface area contributed by atoms with Crippen LogP contribution < -0.4 is 4.90 Å². The van der Waals surface area contributed by atoms with Crippen molar-refractivity contribution in [2.75, 3.05) is 4.90 Å². The van der Waals surface area contributed by atoms with E-state index in [0.717, 1.165) is 55.8 Å². The molecule has 0 fully saturated rings. The smallest absolute Gasteiger partial charge is 0.137 e. The van der Waals surface area contributed by atoms with Gasteiger partial charge in [-0.25, -0.2) is 0 Å². The Hall–Kier alpha value is -8.44. The average molecular weight is 859 g/mol. The van der Waals surface area contributed by atoms with Crippen molar-refractivity contribution in [3.8, 4) is 27.9 Å². The molecular formula is C62H38N2OS. The summed E-state index contributed by atoms with van der Waals surface area (Å²) in [6, 6.07) is 84.0. The van der Waals surface area contributed by atoms with Crippen LogP contribution in [-0.2, 0) is 0 Å². The minimum Gasteiger partial charge on any atom is -0.456 e. The summed E-state index contributed by atoms with van der Waals surface area (Å²) < 4.78 is 11.5. The van der Waals surface area contributed by atoms with E-state index in [1.807, 2.05) is 23.5 Å². The van der Waals surface area contributed by atoms with Crippen LogP contribution in [0.1, 0.15) is 0 Å². The van der Waals surface area contributed by atoms with Gasteiger partial charge in [-0.05, 0) is 135 Å². The van der Waals surface area contributed by atoms with E-state index in [0.29, 0.717) is 0 Å². The van der Waals surface area contributed by atoms with Gasteiger partial charge in [0.1, 0.15) is 11.2 Å². The lowest BCUT2D eigenvalue weighted by molar-refractivity contribution is 0.669. The van der Waals surface area contributed by atoms with Crippen molar-refractivity contribution in [3.05, 3.63) is 231 Å². The summed E-state index contributed by atoms with van der Waals surface area (Å²) in [6.45, 7) is 0. The molecule has 0 saturated carbocycles. The second kappa shape index (κ2) is 14.5. The number of fused-ring (bicyclic) bond motifs is 12. The molecule has 0 spiro atoms. The van der Waals surface area contributed by atoms with Crippen LogP contribution in [0.5, 0.6) is 0 Å². The zero-order valence-corrected chi connectivity index (χ0v) is 36.5. The zero-order chi connectivity index (χ0) is 43.3. The number of para-hydroxylation sites is 2. The van der Waals surface area contributed by atoms with E-state index in [-0.39, 0.29) is 0 Å². The molecule has 14 aromatic rings. The third-order valence-electron chi connectivity index (χ3n) is 13.5. The van der Waals surface area contributed by atoms with Crippen LogP contribution in [0, 0.1) is 0 Å². The van der Waals surface area contributed by atoms with Crippen molar-refractivity contribution < 1.29 is 4.42 Å². The van der Waals surface area contributed by atoms with E-state index in [1.165, 1.54) is 74.6 Å². The average Bonchev–Trinajstić information content (AvgIpc) is 4.05. The fourth-order valence-corrected chi connectivity index (χ4v) is 11.6. The van der Waals surface area contributed by atoms with Crippen LogP contribution in [0.4, 0.5) is 17.1 Å². The quantitative estimate of drug-likeness (QED) is 0.166. The molecule has 0 aliphatic rings. The van der Waals surface area contributed by atoms with Crippen molar-refractivity contribution >= 4 is 114 Å². The first-order valence-electron chi connectivity index (χ1n) is 22.5. The summed E-state index contributed by atoms with van der Waals surface area (Å²) >= 11 is 1.87. The molecule has 0 N–H and O–H groups in total. The van der Waals surface area contributed by atoms with Gasteiger partial charge in [0.15, 0.2) is 0 Å². The number of anilines is 3. The Bertz CT molecular complexity index is 4230. The van der Waals surface area contributed by atoms with E-state index in [2.05, 4.69) is 228 Å². The van der Waals surface area contributed by atoms with Gasteiger partial charge in [-0.15, -0.1) is 11.3 Å². The number of thiophene rings is 1. The zero-order valence-electron chi connectivity index (χ0n) is 35.7. The molecule has 0 unspecified atom stereocenters. The first-order chi connectivity index (χ1) is 32.7. The topological polar surface area (TPSA) is 21.3 Å². The van der Waals surface area contributed by atoms with Gasteiger partial charge in [0.05, 0.1) is 11.0 Å². The number of hydrogen-bond acceptors (Lipinski definition) is 3. The number of furan rings is 1. The molecule has 4 heteroatoms. The molecular weight excluding hydrogens is 821 g/mol. The second-order valence-electron chi connectivity index (χ2n) is 17.3. The Labute approximate surface area is 384 Å². The van der Waals surface area contributed by atoms with Gasteiger partial charge in [0, 0.05) is 70.5 Å². The molecule has 308 valence electrons. The maximum atomic E-state index is 6.47. The van der Waals surface area contributed by atoms with Crippen molar-refractivity contribution in [1.29, 1.82) is 0 Å². The van der Waals surface area contributed by atoms with Crippen LogP contribution in [0.2, 0.25) is 0 Å². The molecule has 3 nitrogen and oxygen atoms in total. The predicted octanol–water partition coefficient (Wildman–Crippen LogP) is 18.2. The minimum absolute atomic E-state index is 0.864. The Morgan fingerprint density at radius 2 is 1.05 bits per heavy atom. The van der Waals surface area contributed by atoms with Gasteiger partial charge in [-0.2, -0.15) is 0 Å². The summed E-state index contributed by atoms with van der Waals surface area (Å²) in [7, 11) is 0. The predicted molar refractivity (Wildman–Crippen MR) is 282 cm³/mol. The molecule has 0 saturated heterocycles. The molecule has 0 radical (unpaired) electrons. The molecule has 3 aromatic heterocycles. The van der Waals surface area contributed by atoms with Crippen molar-refractivity contribution in [1.82, 2.24) is 4.57 Å². The highest BCUT2D eigenvalue weighted by Gasteiger charge is 2.20. The van der Waals surface area contributed by atoms with Crippen LogP contribution in [-0.4, -0.2) is 4.57 Å². The van der Waals surface area contributed by atoms with Gasteiger partial charge in [-0.3, -0.25) is 0 Å². The third-order valence-corrected chi connectivity index (χ3v) is 14.7. The second-order valence-corrected chi connectivity index (χ2v) is 18.4. The molecule has 0 amide bonds.